The molecule has 0 bridgehead atoms. The maximum atomic E-state index is 10.8. The van der Waals surface area contributed by atoms with Crippen LogP contribution in [0.3, 0.4) is 0 Å². The molecule has 0 spiro atoms. The predicted octanol–water partition coefficient (Wildman–Crippen LogP) is 1.72. The van der Waals surface area contributed by atoms with Crippen molar-refractivity contribution >= 4 is 11.7 Å². The number of hydrogen-bond acceptors (Lipinski definition) is 4. The zero-order valence-electron chi connectivity index (χ0n) is 10.9. The van der Waals surface area contributed by atoms with Crippen molar-refractivity contribution in [3.05, 3.63) is 23.8 Å². The molecule has 1 aromatic carbocycles. The minimum atomic E-state index is -0.723. The molecule has 0 saturated heterocycles. The number of rotatable bonds is 2. The van der Waals surface area contributed by atoms with Gasteiger partial charge in [-0.1, -0.05) is 6.92 Å². The number of carbonyl (C=O) groups is 1. The highest BCUT2D eigenvalue weighted by Gasteiger charge is 2.34. The number of primary amides is 1. The molecule has 19 heavy (non-hydrogen) atoms. The van der Waals surface area contributed by atoms with Gasteiger partial charge >= 0.3 is 6.03 Å². The van der Waals surface area contributed by atoms with Crippen LogP contribution in [0, 0.1) is 0 Å². The summed E-state index contributed by atoms with van der Waals surface area (Å²) in [7, 11) is 0. The fourth-order valence-corrected chi connectivity index (χ4v) is 2.00. The molecule has 0 saturated carbocycles. The van der Waals surface area contributed by atoms with Gasteiger partial charge in [0.05, 0.1) is 5.71 Å². The highest BCUT2D eigenvalue weighted by molar-refractivity contribution is 6.05. The van der Waals surface area contributed by atoms with Crippen LogP contribution in [-0.2, 0) is 0 Å². The number of nitrogens with zero attached hydrogens (tertiary/aromatic N) is 1. The van der Waals surface area contributed by atoms with E-state index in [1.807, 2.05) is 13.8 Å². The fourth-order valence-electron chi connectivity index (χ4n) is 2.00. The Kier molecular flexibility index (Phi) is 3.33. The van der Waals surface area contributed by atoms with Gasteiger partial charge in [0.1, 0.15) is 17.1 Å². The first-order valence-electron chi connectivity index (χ1n) is 6.08. The van der Waals surface area contributed by atoms with E-state index in [0.717, 1.165) is 6.42 Å². The van der Waals surface area contributed by atoms with Crippen LogP contribution in [0.25, 0.3) is 0 Å². The van der Waals surface area contributed by atoms with Gasteiger partial charge in [0, 0.05) is 12.0 Å². The first kappa shape index (κ1) is 13.2. The van der Waals surface area contributed by atoms with Gasteiger partial charge in [0.15, 0.2) is 0 Å². The van der Waals surface area contributed by atoms with Gasteiger partial charge in [-0.2, -0.15) is 5.10 Å². The van der Waals surface area contributed by atoms with Crippen molar-refractivity contribution in [3.63, 3.8) is 0 Å². The Balaban J connectivity index is 2.45. The van der Waals surface area contributed by atoms with E-state index in [1.54, 1.807) is 18.2 Å². The molecule has 0 aliphatic carbocycles. The van der Waals surface area contributed by atoms with Crippen LogP contribution in [-0.4, -0.2) is 22.5 Å². The maximum absolute atomic E-state index is 10.8. The molecule has 1 aromatic rings. The van der Waals surface area contributed by atoms with Crippen LogP contribution in [0.15, 0.2) is 23.3 Å². The first-order valence-corrected chi connectivity index (χ1v) is 6.08. The molecular weight excluding hydrogens is 246 g/mol. The minimum Gasteiger partial charge on any atom is -0.508 e. The number of fused-ring (bicyclic) bond motifs is 1. The number of carbonyl (C=O) groups excluding carboxylic acids is 1. The van der Waals surface area contributed by atoms with E-state index in [1.165, 1.54) is 0 Å². The summed E-state index contributed by atoms with van der Waals surface area (Å²) in [6, 6.07) is 4.09. The van der Waals surface area contributed by atoms with Gasteiger partial charge in [-0.05, 0) is 31.5 Å². The van der Waals surface area contributed by atoms with Crippen LogP contribution < -0.4 is 15.9 Å². The van der Waals surface area contributed by atoms with Crippen molar-refractivity contribution in [1.29, 1.82) is 0 Å². The van der Waals surface area contributed by atoms with E-state index < -0.39 is 6.03 Å². The molecular formula is C13H17N3O3. The average molecular weight is 263 g/mol. The zero-order chi connectivity index (χ0) is 14.0. The smallest absolute Gasteiger partial charge is 0.332 e. The molecule has 1 heterocycles. The Bertz CT molecular complexity index is 542. The Morgan fingerprint density at radius 3 is 3.00 bits per heavy atom. The van der Waals surface area contributed by atoms with Crippen LogP contribution in [0.4, 0.5) is 4.79 Å². The van der Waals surface area contributed by atoms with E-state index in [0.29, 0.717) is 23.4 Å². The highest BCUT2D eigenvalue weighted by atomic mass is 16.5. The molecule has 6 heteroatoms. The summed E-state index contributed by atoms with van der Waals surface area (Å²) >= 11 is 0. The number of aromatic hydroxyl groups is 1. The molecule has 0 fully saturated rings. The largest absolute Gasteiger partial charge is 0.508 e. The predicted molar refractivity (Wildman–Crippen MR) is 71.3 cm³/mol. The number of phenols is 1. The second-order valence-corrected chi connectivity index (χ2v) is 4.80. The molecule has 1 unspecified atom stereocenters. The molecule has 6 nitrogen and oxygen atoms in total. The second-order valence-electron chi connectivity index (χ2n) is 4.80. The molecule has 1 atom stereocenters. The monoisotopic (exact) mass is 263 g/mol. The molecule has 102 valence electrons. The molecule has 2 rings (SSSR count). The number of ether oxygens (including phenoxy) is 1. The van der Waals surface area contributed by atoms with Crippen molar-refractivity contribution in [2.75, 3.05) is 0 Å². The topological polar surface area (TPSA) is 96.9 Å². The van der Waals surface area contributed by atoms with E-state index in [4.69, 9.17) is 10.5 Å². The first-order chi connectivity index (χ1) is 8.93. The molecule has 4 N–H and O–H groups in total. The summed E-state index contributed by atoms with van der Waals surface area (Å²) in [5, 5.41) is 13.6. The van der Waals surface area contributed by atoms with Crippen molar-refractivity contribution in [2.24, 2.45) is 10.8 Å². The quantitative estimate of drug-likeness (QED) is 0.708. The summed E-state index contributed by atoms with van der Waals surface area (Å²) in [5.41, 5.74) is 8.17. The summed E-state index contributed by atoms with van der Waals surface area (Å²) in [5.74, 6) is 0.757. The lowest BCUT2D eigenvalue weighted by molar-refractivity contribution is 0.0860. The maximum Gasteiger partial charge on any atom is 0.332 e. The second kappa shape index (κ2) is 4.79. The minimum absolute atomic E-state index is 0.120. The Hall–Kier alpha value is -2.24. The Labute approximate surface area is 111 Å². The van der Waals surface area contributed by atoms with Crippen LogP contribution in [0.2, 0.25) is 0 Å². The fraction of sp³-hybridized carbons (Fsp3) is 0.385. The number of phenolic OH excluding ortho intramolecular Hbond substituents is 1. The third-order valence-corrected chi connectivity index (χ3v) is 3.22. The number of benzene rings is 1. The Morgan fingerprint density at radius 1 is 1.63 bits per heavy atom. The SMILES string of the molecule is CCC1(C)C/C(=N\NC(N)=O)c2cc(O)ccc2O1. The van der Waals surface area contributed by atoms with Crippen molar-refractivity contribution < 1.29 is 14.6 Å². The van der Waals surface area contributed by atoms with E-state index >= 15 is 0 Å². The van der Waals surface area contributed by atoms with Gasteiger partial charge in [0.25, 0.3) is 0 Å². The number of hydrogen-bond donors (Lipinski definition) is 3. The summed E-state index contributed by atoms with van der Waals surface area (Å²) < 4.78 is 5.92. The third kappa shape index (κ3) is 2.78. The van der Waals surface area contributed by atoms with E-state index in [9.17, 15) is 9.90 Å². The van der Waals surface area contributed by atoms with Crippen molar-refractivity contribution in [2.45, 2.75) is 32.3 Å². The van der Waals surface area contributed by atoms with Crippen molar-refractivity contribution in [1.82, 2.24) is 5.43 Å². The molecule has 2 amide bonds. The van der Waals surface area contributed by atoms with Crippen LogP contribution in [0.1, 0.15) is 32.3 Å². The summed E-state index contributed by atoms with van der Waals surface area (Å²) in [4.78, 5) is 10.8. The van der Waals surface area contributed by atoms with Gasteiger partial charge in [-0.25, -0.2) is 10.2 Å². The lowest BCUT2D eigenvalue weighted by Gasteiger charge is -2.35. The summed E-state index contributed by atoms with van der Waals surface area (Å²) in [6.07, 6.45) is 1.32. The van der Waals surface area contributed by atoms with Crippen LogP contribution >= 0.6 is 0 Å². The number of nitrogens with two attached hydrogens (primary N) is 1. The number of nitrogens with one attached hydrogen (secondary N) is 1. The van der Waals surface area contributed by atoms with Gasteiger partial charge in [-0.3, -0.25) is 0 Å². The van der Waals surface area contributed by atoms with Gasteiger partial charge < -0.3 is 15.6 Å². The highest BCUT2D eigenvalue weighted by Crippen LogP contribution is 2.36. The van der Waals surface area contributed by atoms with E-state index in [-0.39, 0.29) is 11.4 Å². The third-order valence-electron chi connectivity index (χ3n) is 3.22. The standard InChI is InChI=1S/C13H17N3O3/c1-3-13(2)7-10(15-16-12(14)18)9-6-8(17)4-5-11(9)19-13/h4-6,17H,3,7H2,1-2H3,(H3,14,16,18)/b15-10+. The van der Waals surface area contributed by atoms with E-state index in [2.05, 4.69) is 10.5 Å². The average Bonchev–Trinajstić information content (AvgIpc) is 2.36. The van der Waals surface area contributed by atoms with Crippen LogP contribution in [0.5, 0.6) is 11.5 Å². The number of amides is 2. The molecule has 1 aliphatic rings. The lowest BCUT2D eigenvalue weighted by atomic mass is 9.89. The normalized spacial score (nSPS) is 23.6. The lowest BCUT2D eigenvalue weighted by Crippen LogP contribution is -2.39. The number of urea groups is 1. The molecule has 0 radical (unpaired) electrons. The van der Waals surface area contributed by atoms with Crippen molar-refractivity contribution in [3.8, 4) is 11.5 Å². The zero-order valence-corrected chi connectivity index (χ0v) is 10.9. The Morgan fingerprint density at radius 2 is 2.37 bits per heavy atom. The van der Waals surface area contributed by atoms with Gasteiger partial charge in [0.2, 0.25) is 0 Å². The van der Waals surface area contributed by atoms with Gasteiger partial charge in [-0.15, -0.1) is 0 Å². The molecule has 0 aromatic heterocycles. The number of hydrazone groups is 1. The summed E-state index contributed by atoms with van der Waals surface area (Å²) in [6.45, 7) is 3.99. The molecule has 1 aliphatic heterocycles.